The Morgan fingerprint density at radius 3 is 2.53 bits per heavy atom. The van der Waals surface area contributed by atoms with Gasteiger partial charge in [-0.1, -0.05) is 6.07 Å². The van der Waals surface area contributed by atoms with E-state index in [2.05, 4.69) is 21.0 Å². The molecule has 0 unspecified atom stereocenters. The van der Waals surface area contributed by atoms with E-state index in [-0.39, 0.29) is 6.09 Å². The highest BCUT2D eigenvalue weighted by atomic mass is 16.6. The molecule has 0 aliphatic carbocycles. The number of ether oxygens (including phenoxy) is 1. The molecule has 1 rings (SSSR count). The van der Waals surface area contributed by atoms with Crippen molar-refractivity contribution >= 4 is 11.8 Å². The summed E-state index contributed by atoms with van der Waals surface area (Å²) < 4.78 is 5.99. The van der Waals surface area contributed by atoms with Crippen molar-refractivity contribution in [2.75, 3.05) is 34.7 Å². The van der Waals surface area contributed by atoms with Gasteiger partial charge in [-0.2, -0.15) is 0 Å². The third kappa shape index (κ3) is 3.46. The van der Waals surface area contributed by atoms with Gasteiger partial charge in [-0.25, -0.2) is 4.79 Å². The Morgan fingerprint density at radius 2 is 2.00 bits per heavy atom. The van der Waals surface area contributed by atoms with Crippen LogP contribution in [-0.2, 0) is 0 Å². The number of rotatable bonds is 3. The van der Waals surface area contributed by atoms with Crippen molar-refractivity contribution in [2.45, 2.75) is 6.92 Å². The molecule has 0 heterocycles. The van der Waals surface area contributed by atoms with Crippen LogP contribution in [0.5, 0.6) is 5.75 Å². The lowest BCUT2D eigenvalue weighted by Crippen LogP contribution is -2.39. The smallest absolute Gasteiger partial charge is 0.410 e. The summed E-state index contributed by atoms with van der Waals surface area (Å²) in [4.78, 5) is 12.9. The average molecular weight is 237 g/mol. The van der Waals surface area contributed by atoms with Crippen LogP contribution in [0.1, 0.15) is 6.92 Å². The summed E-state index contributed by atoms with van der Waals surface area (Å²) in [6.45, 7) is 3.10. The minimum atomic E-state index is -0.357. The van der Waals surface area contributed by atoms with Crippen LogP contribution < -0.4 is 9.22 Å². The first kappa shape index (κ1) is 13.5. The average Bonchev–Trinajstić information content (AvgIpc) is 2.29. The highest BCUT2D eigenvalue weighted by Gasteiger charge is 2.17. The van der Waals surface area contributed by atoms with E-state index in [4.69, 9.17) is 4.74 Å². The van der Waals surface area contributed by atoms with Crippen LogP contribution >= 0.6 is 0 Å². The van der Waals surface area contributed by atoms with Gasteiger partial charge < -0.3 is 9.64 Å². The second-order valence-corrected chi connectivity index (χ2v) is 4.76. The molecule has 17 heavy (non-hydrogen) atoms. The second-order valence-electron chi connectivity index (χ2n) is 4.76. The summed E-state index contributed by atoms with van der Waals surface area (Å²) in [5.74, 6) is 0.584. The van der Waals surface area contributed by atoms with Crippen molar-refractivity contribution in [2.24, 2.45) is 0 Å². The van der Waals surface area contributed by atoms with Gasteiger partial charge in [-0.05, 0) is 19.1 Å². The molecule has 0 spiro atoms. The lowest BCUT2D eigenvalue weighted by atomic mass is 10.2. The third-order valence-corrected chi connectivity index (χ3v) is 2.88. The SMILES string of the molecule is CC[N+](C)(C)c1cccc(OC(=O)N(C)C)c1. The van der Waals surface area contributed by atoms with Gasteiger partial charge in [0.05, 0.1) is 20.6 Å². The molecule has 0 aliphatic heterocycles. The lowest BCUT2D eigenvalue weighted by Gasteiger charge is -2.27. The molecule has 94 valence electrons. The molecule has 0 aliphatic rings. The number of hydrogen-bond donors (Lipinski definition) is 0. The van der Waals surface area contributed by atoms with Crippen molar-refractivity contribution in [3.8, 4) is 5.75 Å². The Labute approximate surface area is 103 Å². The van der Waals surface area contributed by atoms with Gasteiger partial charge in [0.1, 0.15) is 11.4 Å². The molecule has 0 saturated carbocycles. The van der Waals surface area contributed by atoms with E-state index in [9.17, 15) is 4.79 Å². The Balaban J connectivity index is 2.90. The van der Waals surface area contributed by atoms with E-state index in [0.29, 0.717) is 5.75 Å². The topological polar surface area (TPSA) is 29.5 Å². The van der Waals surface area contributed by atoms with Crippen molar-refractivity contribution in [1.82, 2.24) is 9.38 Å². The van der Waals surface area contributed by atoms with E-state index in [0.717, 1.165) is 16.7 Å². The molecule has 0 radical (unpaired) electrons. The molecule has 4 heteroatoms. The van der Waals surface area contributed by atoms with Crippen molar-refractivity contribution in [1.29, 1.82) is 0 Å². The van der Waals surface area contributed by atoms with Crippen LogP contribution in [0.3, 0.4) is 0 Å². The first-order chi connectivity index (χ1) is 7.86. The molecule has 1 amide bonds. The van der Waals surface area contributed by atoms with E-state index in [1.54, 1.807) is 20.2 Å². The normalized spacial score (nSPS) is 11.1. The molecular formula is C13H21N2O2+. The molecular weight excluding hydrogens is 216 g/mol. The largest absolute Gasteiger partial charge is 0.414 e. The number of quaternary nitrogens is 1. The maximum absolute atomic E-state index is 11.4. The Hall–Kier alpha value is -1.55. The zero-order chi connectivity index (χ0) is 13.1. The minimum Gasteiger partial charge on any atom is -0.410 e. The predicted molar refractivity (Wildman–Crippen MR) is 70.3 cm³/mol. The van der Waals surface area contributed by atoms with Gasteiger partial charge in [0.25, 0.3) is 0 Å². The van der Waals surface area contributed by atoms with Crippen LogP contribution in [0.25, 0.3) is 0 Å². The number of benzene rings is 1. The first-order valence-electron chi connectivity index (χ1n) is 5.69. The zero-order valence-corrected chi connectivity index (χ0v) is 11.2. The monoisotopic (exact) mass is 237 g/mol. The van der Waals surface area contributed by atoms with Crippen molar-refractivity contribution in [3.05, 3.63) is 24.3 Å². The maximum Gasteiger partial charge on any atom is 0.414 e. The van der Waals surface area contributed by atoms with Gasteiger partial charge in [-0.3, -0.25) is 4.48 Å². The number of nitrogens with zero attached hydrogens (tertiary/aromatic N) is 2. The van der Waals surface area contributed by atoms with Gasteiger partial charge in [0.2, 0.25) is 0 Å². The van der Waals surface area contributed by atoms with E-state index in [1.807, 2.05) is 18.2 Å². The maximum atomic E-state index is 11.4. The first-order valence-corrected chi connectivity index (χ1v) is 5.69. The summed E-state index contributed by atoms with van der Waals surface area (Å²) in [5, 5.41) is 0. The number of carbonyl (C=O) groups excluding carboxylic acids is 1. The van der Waals surface area contributed by atoms with Gasteiger partial charge in [0, 0.05) is 20.2 Å². The van der Waals surface area contributed by atoms with Gasteiger partial charge in [-0.15, -0.1) is 0 Å². The van der Waals surface area contributed by atoms with Crippen LogP contribution in [0, 0.1) is 0 Å². The summed E-state index contributed by atoms with van der Waals surface area (Å²) >= 11 is 0. The fourth-order valence-electron chi connectivity index (χ4n) is 1.30. The summed E-state index contributed by atoms with van der Waals surface area (Å²) in [7, 11) is 7.57. The quantitative estimate of drug-likeness (QED) is 0.755. The lowest BCUT2D eigenvalue weighted by molar-refractivity contribution is 0.172. The van der Waals surface area contributed by atoms with Crippen LogP contribution in [0.2, 0.25) is 0 Å². The zero-order valence-electron chi connectivity index (χ0n) is 11.2. The summed E-state index contributed by atoms with van der Waals surface area (Å²) in [6, 6.07) is 7.64. The van der Waals surface area contributed by atoms with E-state index >= 15 is 0 Å². The number of amides is 1. The minimum absolute atomic E-state index is 0.357. The van der Waals surface area contributed by atoms with Gasteiger partial charge in [0.15, 0.2) is 0 Å². The summed E-state index contributed by atoms with van der Waals surface area (Å²) in [6.07, 6.45) is -0.357. The molecule has 1 aromatic carbocycles. The van der Waals surface area contributed by atoms with Crippen LogP contribution in [0.4, 0.5) is 10.5 Å². The highest BCUT2D eigenvalue weighted by Crippen LogP contribution is 2.24. The number of carbonyl (C=O) groups is 1. The van der Waals surface area contributed by atoms with Crippen molar-refractivity contribution in [3.63, 3.8) is 0 Å². The fraction of sp³-hybridized carbons (Fsp3) is 0.462. The molecule has 4 nitrogen and oxygen atoms in total. The third-order valence-electron chi connectivity index (χ3n) is 2.88. The van der Waals surface area contributed by atoms with Crippen molar-refractivity contribution < 1.29 is 9.53 Å². The Kier molecular flexibility index (Phi) is 4.12. The Morgan fingerprint density at radius 1 is 1.35 bits per heavy atom. The fourth-order valence-corrected chi connectivity index (χ4v) is 1.30. The predicted octanol–water partition coefficient (Wildman–Crippen LogP) is 2.33. The van der Waals surface area contributed by atoms with E-state index < -0.39 is 0 Å². The number of hydrogen-bond acceptors (Lipinski definition) is 2. The van der Waals surface area contributed by atoms with Gasteiger partial charge >= 0.3 is 6.09 Å². The standard InChI is InChI=1S/C13H21N2O2/c1-6-15(4,5)11-8-7-9-12(10-11)17-13(16)14(2)3/h7-10H,6H2,1-5H3/q+1. The molecule has 0 atom stereocenters. The van der Waals surface area contributed by atoms with Crippen LogP contribution in [-0.4, -0.2) is 45.7 Å². The Bertz CT molecular complexity index is 400. The molecule has 0 aromatic heterocycles. The second kappa shape index (κ2) is 5.19. The van der Waals surface area contributed by atoms with Crippen LogP contribution in [0.15, 0.2) is 24.3 Å². The molecule has 0 fully saturated rings. The molecule has 1 aromatic rings. The highest BCUT2D eigenvalue weighted by molar-refractivity contribution is 5.70. The molecule has 0 bridgehead atoms. The molecule has 0 N–H and O–H groups in total. The molecule has 0 saturated heterocycles. The summed E-state index contributed by atoms with van der Waals surface area (Å²) in [5.41, 5.74) is 1.12. The van der Waals surface area contributed by atoms with E-state index in [1.165, 1.54) is 4.90 Å².